The topological polar surface area (TPSA) is 32.3 Å². The summed E-state index contributed by atoms with van der Waals surface area (Å²) in [5.74, 6) is 0.175. The predicted molar refractivity (Wildman–Crippen MR) is 62.3 cm³/mol. The summed E-state index contributed by atoms with van der Waals surface area (Å²) in [6.07, 6.45) is 1.56. The Balaban J connectivity index is 2.45. The number of amides is 1. The van der Waals surface area contributed by atoms with Gasteiger partial charge in [-0.15, -0.1) is 0 Å². The number of nitrogens with zero attached hydrogens (tertiary/aromatic N) is 1. The molecule has 0 aromatic heterocycles. The molecule has 0 radical (unpaired) electrons. The van der Waals surface area contributed by atoms with Gasteiger partial charge in [-0.2, -0.15) is 0 Å². The minimum atomic E-state index is 0.175. The zero-order valence-corrected chi connectivity index (χ0v) is 9.21. The Morgan fingerprint density at radius 3 is 3.00 bits per heavy atom. The standard InChI is InChI=1S/C12H16N2O/c1-3-9-4-5-10-11(8-9)14(2)12(15)6-7-13-10/h4-5,8,13H,3,6-7H2,1-2H3. The third kappa shape index (κ3) is 1.82. The molecule has 0 bridgehead atoms. The Bertz CT molecular complexity index is 387. The highest BCUT2D eigenvalue weighted by atomic mass is 16.2. The van der Waals surface area contributed by atoms with Crippen LogP contribution in [0.25, 0.3) is 0 Å². The Hall–Kier alpha value is -1.51. The molecule has 0 unspecified atom stereocenters. The van der Waals surface area contributed by atoms with Gasteiger partial charge in [-0.1, -0.05) is 13.0 Å². The third-order valence-corrected chi connectivity index (χ3v) is 2.86. The van der Waals surface area contributed by atoms with Crippen molar-refractivity contribution in [2.24, 2.45) is 0 Å². The van der Waals surface area contributed by atoms with Crippen molar-refractivity contribution in [2.45, 2.75) is 19.8 Å². The summed E-state index contributed by atoms with van der Waals surface area (Å²) in [5, 5.41) is 3.27. The smallest absolute Gasteiger partial charge is 0.228 e. The van der Waals surface area contributed by atoms with Crippen molar-refractivity contribution in [2.75, 3.05) is 23.8 Å². The van der Waals surface area contributed by atoms with Crippen LogP contribution in [0.2, 0.25) is 0 Å². The molecule has 0 fully saturated rings. The number of carbonyl (C=O) groups excluding carboxylic acids is 1. The Morgan fingerprint density at radius 2 is 2.27 bits per heavy atom. The molecular formula is C12H16N2O. The maximum atomic E-state index is 11.7. The van der Waals surface area contributed by atoms with Gasteiger partial charge >= 0.3 is 0 Å². The maximum absolute atomic E-state index is 11.7. The number of benzene rings is 1. The summed E-state index contributed by atoms with van der Waals surface area (Å²) in [4.78, 5) is 13.4. The van der Waals surface area contributed by atoms with Crippen molar-refractivity contribution < 1.29 is 4.79 Å². The maximum Gasteiger partial charge on any atom is 0.228 e. The fourth-order valence-electron chi connectivity index (χ4n) is 1.83. The molecule has 1 heterocycles. The molecule has 0 aliphatic carbocycles. The molecule has 1 aromatic rings. The average Bonchev–Trinajstić information content (AvgIpc) is 2.40. The van der Waals surface area contributed by atoms with E-state index in [1.807, 2.05) is 7.05 Å². The molecule has 80 valence electrons. The van der Waals surface area contributed by atoms with Gasteiger partial charge in [0, 0.05) is 20.0 Å². The number of hydrogen-bond acceptors (Lipinski definition) is 2. The molecule has 0 atom stereocenters. The fourth-order valence-corrected chi connectivity index (χ4v) is 1.83. The van der Waals surface area contributed by atoms with E-state index in [0.29, 0.717) is 6.42 Å². The van der Waals surface area contributed by atoms with Crippen molar-refractivity contribution >= 4 is 17.3 Å². The third-order valence-electron chi connectivity index (χ3n) is 2.86. The minimum absolute atomic E-state index is 0.175. The molecule has 1 aliphatic heterocycles. The molecular weight excluding hydrogens is 188 g/mol. The Kier molecular flexibility index (Phi) is 2.62. The van der Waals surface area contributed by atoms with Crippen LogP contribution in [0, 0.1) is 0 Å². The lowest BCUT2D eigenvalue weighted by atomic mass is 10.1. The fraction of sp³-hybridized carbons (Fsp3) is 0.417. The predicted octanol–water partition coefficient (Wildman–Crippen LogP) is 2.03. The van der Waals surface area contributed by atoms with Gasteiger partial charge in [0.1, 0.15) is 0 Å². The van der Waals surface area contributed by atoms with Gasteiger partial charge < -0.3 is 10.2 Å². The molecule has 1 aromatic carbocycles. The summed E-state index contributed by atoms with van der Waals surface area (Å²) in [6.45, 7) is 2.84. The normalized spacial score (nSPS) is 15.6. The number of anilines is 2. The van der Waals surface area contributed by atoms with E-state index in [0.717, 1.165) is 24.3 Å². The highest BCUT2D eigenvalue weighted by Gasteiger charge is 2.18. The Labute approximate surface area is 90.1 Å². The lowest BCUT2D eigenvalue weighted by Gasteiger charge is -2.17. The molecule has 3 heteroatoms. The minimum Gasteiger partial charge on any atom is -0.383 e. The highest BCUT2D eigenvalue weighted by Crippen LogP contribution is 2.29. The number of aryl methyl sites for hydroxylation is 1. The van der Waals surface area contributed by atoms with Crippen LogP contribution in [0.5, 0.6) is 0 Å². The second kappa shape index (κ2) is 3.93. The quantitative estimate of drug-likeness (QED) is 0.759. The summed E-state index contributed by atoms with van der Waals surface area (Å²) in [6, 6.07) is 6.25. The van der Waals surface area contributed by atoms with Crippen LogP contribution < -0.4 is 10.2 Å². The zero-order valence-electron chi connectivity index (χ0n) is 9.21. The number of hydrogen-bond donors (Lipinski definition) is 1. The number of fused-ring (bicyclic) bond motifs is 1. The zero-order chi connectivity index (χ0) is 10.8. The van der Waals surface area contributed by atoms with E-state index >= 15 is 0 Å². The molecule has 15 heavy (non-hydrogen) atoms. The van der Waals surface area contributed by atoms with Gasteiger partial charge in [0.25, 0.3) is 0 Å². The first-order valence-electron chi connectivity index (χ1n) is 5.35. The summed E-state index contributed by atoms with van der Waals surface area (Å²) in [7, 11) is 1.84. The Morgan fingerprint density at radius 1 is 1.47 bits per heavy atom. The van der Waals surface area contributed by atoms with E-state index in [2.05, 4.69) is 30.4 Å². The molecule has 0 saturated heterocycles. The highest BCUT2D eigenvalue weighted by molar-refractivity contribution is 5.97. The van der Waals surface area contributed by atoms with Crippen molar-refractivity contribution in [3.8, 4) is 0 Å². The van der Waals surface area contributed by atoms with Gasteiger partial charge in [0.15, 0.2) is 0 Å². The molecule has 0 spiro atoms. The van der Waals surface area contributed by atoms with E-state index in [-0.39, 0.29) is 5.91 Å². The monoisotopic (exact) mass is 204 g/mol. The van der Waals surface area contributed by atoms with Crippen LogP contribution in [0.1, 0.15) is 18.9 Å². The summed E-state index contributed by atoms with van der Waals surface area (Å²) < 4.78 is 0. The van der Waals surface area contributed by atoms with Crippen molar-refractivity contribution in [1.29, 1.82) is 0 Å². The van der Waals surface area contributed by atoms with Gasteiger partial charge in [0.05, 0.1) is 11.4 Å². The van der Waals surface area contributed by atoms with Crippen LogP contribution in [-0.4, -0.2) is 19.5 Å². The van der Waals surface area contributed by atoms with Crippen LogP contribution in [0.3, 0.4) is 0 Å². The van der Waals surface area contributed by atoms with Crippen LogP contribution >= 0.6 is 0 Å². The lowest BCUT2D eigenvalue weighted by Crippen LogP contribution is -2.25. The van der Waals surface area contributed by atoms with Gasteiger partial charge in [0.2, 0.25) is 5.91 Å². The van der Waals surface area contributed by atoms with Crippen LogP contribution in [0.4, 0.5) is 11.4 Å². The van der Waals surface area contributed by atoms with Crippen LogP contribution in [-0.2, 0) is 11.2 Å². The first-order valence-corrected chi connectivity index (χ1v) is 5.35. The van der Waals surface area contributed by atoms with Gasteiger partial charge in [-0.3, -0.25) is 4.79 Å². The van der Waals surface area contributed by atoms with Gasteiger partial charge in [-0.25, -0.2) is 0 Å². The van der Waals surface area contributed by atoms with Crippen molar-refractivity contribution in [1.82, 2.24) is 0 Å². The van der Waals surface area contributed by atoms with Gasteiger partial charge in [-0.05, 0) is 24.1 Å². The van der Waals surface area contributed by atoms with Crippen molar-refractivity contribution in [3.05, 3.63) is 23.8 Å². The number of nitrogens with one attached hydrogen (secondary N) is 1. The molecule has 0 saturated carbocycles. The second-order valence-electron chi connectivity index (χ2n) is 3.83. The summed E-state index contributed by atoms with van der Waals surface area (Å²) >= 11 is 0. The first-order chi connectivity index (χ1) is 7.22. The van der Waals surface area contributed by atoms with Crippen molar-refractivity contribution in [3.63, 3.8) is 0 Å². The molecule has 1 amide bonds. The molecule has 1 aliphatic rings. The van der Waals surface area contributed by atoms with E-state index in [1.54, 1.807) is 4.90 Å². The summed E-state index contributed by atoms with van der Waals surface area (Å²) in [5.41, 5.74) is 3.31. The van der Waals surface area contributed by atoms with Crippen LogP contribution in [0.15, 0.2) is 18.2 Å². The van der Waals surface area contributed by atoms with E-state index in [1.165, 1.54) is 5.56 Å². The second-order valence-corrected chi connectivity index (χ2v) is 3.83. The molecule has 2 rings (SSSR count). The van der Waals surface area contributed by atoms with E-state index in [9.17, 15) is 4.79 Å². The molecule has 1 N–H and O–H groups in total. The van der Waals surface area contributed by atoms with E-state index < -0.39 is 0 Å². The SMILES string of the molecule is CCc1ccc2c(c1)N(C)C(=O)CCN2. The largest absolute Gasteiger partial charge is 0.383 e. The number of rotatable bonds is 1. The van der Waals surface area contributed by atoms with E-state index in [4.69, 9.17) is 0 Å². The first kappa shape index (κ1) is 10.0. The lowest BCUT2D eigenvalue weighted by molar-refractivity contribution is -0.118. The number of carbonyl (C=O) groups is 1. The molecule has 3 nitrogen and oxygen atoms in total. The average molecular weight is 204 g/mol.